The fraction of sp³-hybridized carbons (Fsp3) is 0.667. The van der Waals surface area contributed by atoms with Crippen molar-refractivity contribution in [2.75, 3.05) is 13.3 Å². The third kappa shape index (κ3) is 5.34. The smallest absolute Gasteiger partial charge is 0.119 e. The highest BCUT2D eigenvalue weighted by Crippen LogP contribution is 2.44. The predicted molar refractivity (Wildman–Crippen MR) is 107 cm³/mol. The van der Waals surface area contributed by atoms with Crippen molar-refractivity contribution in [2.45, 2.75) is 70.6 Å². The fourth-order valence-electron chi connectivity index (χ4n) is 5.09. The van der Waals surface area contributed by atoms with Crippen LogP contribution in [0, 0.1) is 17.8 Å². The molecule has 26 heavy (non-hydrogen) atoms. The van der Waals surface area contributed by atoms with Gasteiger partial charge in [-0.3, -0.25) is 4.39 Å². The van der Waals surface area contributed by atoms with Crippen LogP contribution in [0.1, 0.15) is 76.2 Å². The van der Waals surface area contributed by atoms with Gasteiger partial charge in [-0.1, -0.05) is 24.3 Å². The van der Waals surface area contributed by atoms with Gasteiger partial charge in [0.05, 0.1) is 13.3 Å². The Hall–Kier alpha value is -1.31. The molecule has 0 bridgehead atoms. The van der Waals surface area contributed by atoms with Crippen molar-refractivity contribution in [1.29, 1.82) is 0 Å². The quantitative estimate of drug-likeness (QED) is 0.473. The van der Waals surface area contributed by atoms with Crippen molar-refractivity contribution < 1.29 is 9.13 Å². The first-order valence-electron chi connectivity index (χ1n) is 10.8. The summed E-state index contributed by atoms with van der Waals surface area (Å²) in [4.78, 5) is 0. The van der Waals surface area contributed by atoms with Crippen LogP contribution in [0.2, 0.25) is 0 Å². The lowest BCUT2D eigenvalue weighted by Gasteiger charge is -2.37. The summed E-state index contributed by atoms with van der Waals surface area (Å²) in [6, 6.07) is 8.79. The number of alkyl halides is 1. The zero-order chi connectivity index (χ0) is 18.2. The summed E-state index contributed by atoms with van der Waals surface area (Å²) in [5.74, 6) is 4.30. The summed E-state index contributed by atoms with van der Waals surface area (Å²) in [6.07, 6.45) is 15.8. The van der Waals surface area contributed by atoms with E-state index in [-0.39, 0.29) is 6.67 Å². The molecule has 0 N–H and O–H groups in total. The van der Waals surface area contributed by atoms with Crippen LogP contribution < -0.4 is 4.74 Å². The topological polar surface area (TPSA) is 9.23 Å². The van der Waals surface area contributed by atoms with Crippen LogP contribution in [0.25, 0.3) is 0 Å². The molecule has 0 spiro atoms. The summed E-state index contributed by atoms with van der Waals surface area (Å²) >= 11 is 0. The van der Waals surface area contributed by atoms with Crippen molar-refractivity contribution in [2.24, 2.45) is 17.8 Å². The van der Waals surface area contributed by atoms with Crippen LogP contribution >= 0.6 is 0 Å². The maximum absolute atomic E-state index is 12.2. The van der Waals surface area contributed by atoms with Gasteiger partial charge in [0.1, 0.15) is 5.75 Å². The Morgan fingerprint density at radius 2 is 1.54 bits per heavy atom. The van der Waals surface area contributed by atoms with Crippen molar-refractivity contribution in [3.8, 4) is 5.75 Å². The molecule has 2 heteroatoms. The van der Waals surface area contributed by atoms with Crippen molar-refractivity contribution in [3.05, 3.63) is 42.0 Å². The van der Waals surface area contributed by atoms with Gasteiger partial charge in [-0.25, -0.2) is 0 Å². The number of benzene rings is 1. The molecule has 0 radical (unpaired) electrons. The van der Waals surface area contributed by atoms with Crippen molar-refractivity contribution in [3.63, 3.8) is 0 Å². The Labute approximate surface area is 159 Å². The van der Waals surface area contributed by atoms with E-state index in [0.29, 0.717) is 12.3 Å². The Kier molecular flexibility index (Phi) is 7.58. The van der Waals surface area contributed by atoms with Crippen LogP contribution in [0.4, 0.5) is 4.39 Å². The number of halogens is 1. The summed E-state index contributed by atoms with van der Waals surface area (Å²) in [7, 11) is 0. The molecule has 0 heterocycles. The highest BCUT2D eigenvalue weighted by Gasteiger charge is 2.30. The first-order valence-corrected chi connectivity index (χ1v) is 10.8. The van der Waals surface area contributed by atoms with Gasteiger partial charge in [0, 0.05) is 0 Å². The number of allylic oxidation sites excluding steroid dienone is 2. The Bertz CT molecular complexity index is 534. The highest BCUT2D eigenvalue weighted by atomic mass is 19.1. The fourth-order valence-corrected chi connectivity index (χ4v) is 5.09. The van der Waals surface area contributed by atoms with Crippen LogP contribution in [0.5, 0.6) is 5.75 Å². The Morgan fingerprint density at radius 1 is 0.923 bits per heavy atom. The molecule has 2 saturated carbocycles. The Morgan fingerprint density at radius 3 is 2.12 bits per heavy atom. The molecule has 2 aliphatic carbocycles. The zero-order valence-corrected chi connectivity index (χ0v) is 16.3. The second-order valence-electron chi connectivity index (χ2n) is 8.19. The first kappa shape index (κ1) is 19.5. The summed E-state index contributed by atoms with van der Waals surface area (Å²) in [5, 5.41) is 0. The predicted octanol–water partition coefficient (Wildman–Crippen LogP) is 7.08. The van der Waals surface area contributed by atoms with Crippen LogP contribution in [-0.2, 0) is 0 Å². The SMILES string of the molecule is CCOc1ccc(C2CCC(C3CCC(C=CCCF)CC3)CC2)cc1. The van der Waals surface area contributed by atoms with Crippen LogP contribution in [0.15, 0.2) is 36.4 Å². The molecule has 0 amide bonds. The molecule has 2 fully saturated rings. The minimum atomic E-state index is -0.219. The third-order valence-corrected chi connectivity index (χ3v) is 6.60. The zero-order valence-electron chi connectivity index (χ0n) is 16.3. The number of rotatable bonds is 7. The average molecular weight is 359 g/mol. The molecule has 144 valence electrons. The van der Waals surface area contributed by atoms with E-state index in [4.69, 9.17) is 4.74 Å². The molecule has 0 unspecified atom stereocenters. The maximum Gasteiger partial charge on any atom is 0.119 e. The molecular weight excluding hydrogens is 323 g/mol. The van der Waals surface area contributed by atoms with Gasteiger partial charge in [-0.15, -0.1) is 0 Å². The lowest BCUT2D eigenvalue weighted by atomic mass is 9.68. The van der Waals surface area contributed by atoms with Crippen molar-refractivity contribution in [1.82, 2.24) is 0 Å². The van der Waals surface area contributed by atoms with E-state index < -0.39 is 0 Å². The van der Waals surface area contributed by atoms with Gasteiger partial charge in [-0.05, 0) is 106 Å². The molecule has 0 aliphatic heterocycles. The summed E-state index contributed by atoms with van der Waals surface area (Å²) in [6.45, 7) is 2.55. The number of hydrogen-bond donors (Lipinski definition) is 0. The summed E-state index contributed by atoms with van der Waals surface area (Å²) in [5.41, 5.74) is 1.49. The monoisotopic (exact) mass is 358 g/mol. The second kappa shape index (κ2) is 10.1. The molecule has 0 aromatic heterocycles. The molecule has 1 aromatic rings. The van der Waals surface area contributed by atoms with E-state index in [9.17, 15) is 4.39 Å². The van der Waals surface area contributed by atoms with Gasteiger partial charge >= 0.3 is 0 Å². The second-order valence-corrected chi connectivity index (χ2v) is 8.19. The molecule has 1 aromatic carbocycles. The number of ether oxygens (including phenoxy) is 1. The minimum Gasteiger partial charge on any atom is -0.494 e. The van der Waals surface area contributed by atoms with Crippen LogP contribution in [-0.4, -0.2) is 13.3 Å². The molecule has 1 nitrogen and oxygen atoms in total. The minimum absolute atomic E-state index is 0.219. The van der Waals surface area contributed by atoms with Gasteiger partial charge in [-0.2, -0.15) is 0 Å². The van der Waals surface area contributed by atoms with E-state index in [1.807, 2.05) is 13.0 Å². The van der Waals surface area contributed by atoms with E-state index in [0.717, 1.165) is 30.1 Å². The van der Waals surface area contributed by atoms with E-state index in [1.165, 1.54) is 56.9 Å². The van der Waals surface area contributed by atoms with E-state index in [2.05, 4.69) is 30.3 Å². The number of hydrogen-bond acceptors (Lipinski definition) is 1. The van der Waals surface area contributed by atoms with E-state index >= 15 is 0 Å². The lowest BCUT2D eigenvalue weighted by Crippen LogP contribution is -2.25. The normalized spacial score (nSPS) is 29.8. The molecule has 0 saturated heterocycles. The van der Waals surface area contributed by atoms with Gasteiger partial charge in [0.15, 0.2) is 0 Å². The average Bonchev–Trinajstić information content (AvgIpc) is 2.70. The lowest BCUT2D eigenvalue weighted by molar-refractivity contribution is 0.171. The molecule has 2 aliphatic rings. The van der Waals surface area contributed by atoms with Gasteiger partial charge in [0.2, 0.25) is 0 Å². The maximum atomic E-state index is 12.2. The van der Waals surface area contributed by atoms with Gasteiger partial charge in [0.25, 0.3) is 0 Å². The standard InChI is InChI=1S/C24H35FO/c1-2-26-24-16-14-23(15-17-24)22-12-10-21(11-13-22)20-8-6-19(7-9-20)5-3-4-18-25/h3,5,14-17,19-22H,2,4,6-13,18H2,1H3. The Balaban J connectivity index is 1.42. The summed E-state index contributed by atoms with van der Waals surface area (Å²) < 4.78 is 17.8. The van der Waals surface area contributed by atoms with E-state index in [1.54, 1.807) is 0 Å². The van der Waals surface area contributed by atoms with Crippen LogP contribution in [0.3, 0.4) is 0 Å². The van der Waals surface area contributed by atoms with Gasteiger partial charge < -0.3 is 4.74 Å². The van der Waals surface area contributed by atoms with Crippen molar-refractivity contribution >= 4 is 0 Å². The molecule has 3 rings (SSSR count). The third-order valence-electron chi connectivity index (χ3n) is 6.60. The highest BCUT2D eigenvalue weighted by molar-refractivity contribution is 5.29. The largest absolute Gasteiger partial charge is 0.494 e. The molecular formula is C24H35FO. The molecule has 0 atom stereocenters. The first-order chi connectivity index (χ1) is 12.8.